The second-order valence-electron chi connectivity index (χ2n) is 18.3. The molecule has 1 heterocycles. The van der Waals surface area contributed by atoms with E-state index in [0.717, 1.165) is 10.5 Å². The Morgan fingerprint density at radius 1 is 0.845 bits per heavy atom. The highest BCUT2D eigenvalue weighted by molar-refractivity contribution is 6.00. The number of nitrogens with one attached hydrogen (secondary N) is 6. The number of rotatable bonds is 15. The molecule has 2 rings (SSSR count). The van der Waals surface area contributed by atoms with Crippen molar-refractivity contribution in [3.05, 3.63) is 72.0 Å². The van der Waals surface area contributed by atoms with Crippen molar-refractivity contribution >= 4 is 59.2 Å². The van der Waals surface area contributed by atoms with Gasteiger partial charge in [0.15, 0.2) is 5.96 Å². The number of nitrogens with zero attached hydrogens (tertiary/aromatic N) is 2. The molecule has 22 heteroatoms. The number of hydrogen-bond acceptors (Lipinski definition) is 11. The fourth-order valence-electron chi connectivity index (χ4n) is 7.46. The van der Waals surface area contributed by atoms with Gasteiger partial charge in [-0.3, -0.25) is 38.6 Å². The monoisotopic (exact) mass is 995 g/mol. The Labute approximate surface area is 415 Å². The van der Waals surface area contributed by atoms with Crippen LogP contribution in [-0.2, 0) is 54.3 Å². The van der Waals surface area contributed by atoms with Gasteiger partial charge in [0.2, 0.25) is 35.4 Å². The van der Waals surface area contributed by atoms with Crippen molar-refractivity contribution < 1.29 is 58.1 Å². The first-order chi connectivity index (χ1) is 33.3. The van der Waals surface area contributed by atoms with Crippen molar-refractivity contribution in [2.24, 2.45) is 40.1 Å². The van der Waals surface area contributed by atoms with Gasteiger partial charge in [0.05, 0.1) is 24.0 Å². The quantitative estimate of drug-likeness (QED) is 0.0379. The molecule has 0 aliphatic carbocycles. The molecule has 0 aromatic heterocycles. The van der Waals surface area contributed by atoms with Crippen molar-refractivity contribution in [1.82, 2.24) is 36.8 Å². The fourth-order valence-corrected chi connectivity index (χ4v) is 7.46. The summed E-state index contributed by atoms with van der Waals surface area (Å²) in [5.74, 6) is -12.6. The van der Waals surface area contributed by atoms with Crippen molar-refractivity contribution in [1.29, 1.82) is 0 Å². The van der Waals surface area contributed by atoms with Crippen LogP contribution in [0, 0.1) is 23.7 Å². The van der Waals surface area contributed by atoms with Crippen molar-refractivity contribution in [2.45, 2.75) is 129 Å². The number of ether oxygens (including phenoxy) is 1. The maximum Gasteiger partial charge on any atom is 0.327 e. The van der Waals surface area contributed by atoms with Gasteiger partial charge >= 0.3 is 11.9 Å². The predicted molar refractivity (Wildman–Crippen MR) is 264 cm³/mol. The molecular weight excluding hydrogens is 921 g/mol. The first kappa shape index (κ1) is 60.0. The lowest BCUT2D eigenvalue weighted by atomic mass is 9.94. The smallest absolute Gasteiger partial charge is 0.327 e. The van der Waals surface area contributed by atoms with Gasteiger partial charge in [0, 0.05) is 33.0 Å². The van der Waals surface area contributed by atoms with Crippen molar-refractivity contribution in [3.8, 4) is 0 Å². The summed E-state index contributed by atoms with van der Waals surface area (Å²) in [7, 11) is 2.82. The molecule has 10 atom stereocenters. The average Bonchev–Trinajstić information content (AvgIpc) is 3.31. The molecular formula is C49H74N10O12. The molecule has 0 spiro atoms. The summed E-state index contributed by atoms with van der Waals surface area (Å²) >= 11 is 0. The number of hydrogen-bond donors (Lipinski definition) is 10. The molecule has 71 heavy (non-hydrogen) atoms. The minimum atomic E-state index is -1.88. The molecule has 1 aliphatic heterocycles. The van der Waals surface area contributed by atoms with E-state index in [1.807, 2.05) is 43.3 Å². The molecule has 1 aliphatic rings. The highest BCUT2D eigenvalue weighted by Gasteiger charge is 2.37. The van der Waals surface area contributed by atoms with Gasteiger partial charge in [-0.25, -0.2) is 9.59 Å². The largest absolute Gasteiger partial charge is 0.480 e. The third-order valence-corrected chi connectivity index (χ3v) is 12.0. The van der Waals surface area contributed by atoms with Gasteiger partial charge in [-0.1, -0.05) is 95.3 Å². The fraction of sp³-hybridized carbons (Fsp3) is 0.551. The lowest BCUT2D eigenvalue weighted by Gasteiger charge is -2.28. The zero-order valence-electron chi connectivity index (χ0n) is 42.2. The second-order valence-corrected chi connectivity index (χ2v) is 18.3. The van der Waals surface area contributed by atoms with Crippen LogP contribution in [0.1, 0.15) is 86.1 Å². The van der Waals surface area contributed by atoms with E-state index in [-0.39, 0.29) is 49.7 Å². The summed E-state index contributed by atoms with van der Waals surface area (Å²) in [5, 5.41) is 35.5. The molecule has 1 aromatic rings. The van der Waals surface area contributed by atoms with Gasteiger partial charge in [-0.05, 0) is 57.4 Å². The molecule has 1 fully saturated rings. The van der Waals surface area contributed by atoms with Gasteiger partial charge < -0.3 is 63.2 Å². The number of aliphatic imine (C=N–C) groups is 1. The number of aliphatic carboxylic acids is 2. The average molecular weight is 995 g/mol. The summed E-state index contributed by atoms with van der Waals surface area (Å²) in [6.45, 7) is 14.9. The summed E-state index contributed by atoms with van der Waals surface area (Å²) in [5.41, 5.74) is 12.4. The number of benzene rings is 1. The highest BCUT2D eigenvalue weighted by Crippen LogP contribution is 2.19. The third kappa shape index (κ3) is 20.0. The van der Waals surface area contributed by atoms with Crippen LogP contribution in [0.15, 0.2) is 71.4 Å². The van der Waals surface area contributed by atoms with Gasteiger partial charge in [0.1, 0.15) is 35.9 Å². The summed E-state index contributed by atoms with van der Waals surface area (Å²) in [6.07, 6.45) is 4.64. The lowest BCUT2D eigenvalue weighted by molar-refractivity contribution is -0.146. The van der Waals surface area contributed by atoms with E-state index in [1.54, 1.807) is 34.0 Å². The number of guanidine groups is 1. The van der Waals surface area contributed by atoms with Gasteiger partial charge in [-0.15, -0.1) is 0 Å². The number of methoxy groups -OCH3 is 1. The molecule has 1 aromatic carbocycles. The number of likely N-dealkylation sites (N-methyl/N-ethyl adjacent to an activating group) is 1. The third-order valence-electron chi connectivity index (χ3n) is 12.0. The van der Waals surface area contributed by atoms with E-state index >= 15 is 0 Å². The van der Waals surface area contributed by atoms with Crippen LogP contribution in [-0.4, -0.2) is 137 Å². The van der Waals surface area contributed by atoms with Crippen molar-refractivity contribution in [3.63, 3.8) is 0 Å². The number of carboxylic acid groups (broad SMARTS) is 2. The zero-order chi connectivity index (χ0) is 53.7. The normalized spacial score (nSPS) is 25.3. The van der Waals surface area contributed by atoms with E-state index < -0.39 is 120 Å². The first-order valence-corrected chi connectivity index (χ1v) is 23.5. The van der Waals surface area contributed by atoms with Crippen LogP contribution in [0.5, 0.6) is 0 Å². The topological polar surface area (TPSA) is 343 Å². The molecule has 392 valence electrons. The predicted octanol–water partition coefficient (Wildman–Crippen LogP) is 0.618. The summed E-state index contributed by atoms with van der Waals surface area (Å²) < 4.78 is 5.81. The van der Waals surface area contributed by atoms with Gasteiger partial charge in [-0.2, -0.15) is 0 Å². The van der Waals surface area contributed by atoms with Crippen LogP contribution in [0.2, 0.25) is 0 Å². The van der Waals surface area contributed by atoms with Crippen LogP contribution in [0.25, 0.3) is 0 Å². The highest BCUT2D eigenvalue weighted by atomic mass is 16.5. The van der Waals surface area contributed by atoms with E-state index in [1.165, 1.54) is 33.9 Å². The van der Waals surface area contributed by atoms with E-state index in [9.17, 15) is 53.4 Å². The molecule has 12 N–H and O–H groups in total. The zero-order valence-corrected chi connectivity index (χ0v) is 42.2. The minimum absolute atomic E-state index is 0.00610. The Bertz CT molecular complexity index is 2160. The Balaban J connectivity index is 2.73. The number of amides is 7. The molecule has 7 amide bonds. The van der Waals surface area contributed by atoms with E-state index in [4.69, 9.17) is 16.2 Å². The maximum atomic E-state index is 14.4. The molecule has 1 saturated heterocycles. The number of carbonyl (C=O) groups excluding carboxylic acids is 7. The van der Waals surface area contributed by atoms with Crippen LogP contribution >= 0.6 is 0 Å². The van der Waals surface area contributed by atoms with Crippen LogP contribution < -0.4 is 43.4 Å². The molecule has 10 unspecified atom stereocenters. The number of carbonyl (C=O) groups is 9. The SMILES string of the molecule is C=C1C(=O)NC(C)C(=O)NC(CC(C)C)C(=O)NC(C(=O)O)C(C)C(=O)NC(CCCN=C(N)N)C(=O)NC(/C=C/C(C)=C/C(C)C(Cc2ccccc2)OC)C(C)C(=O)NC(C(=O)O)CCC(=O)N1C. The van der Waals surface area contributed by atoms with Crippen LogP contribution in [0.3, 0.4) is 0 Å². The minimum Gasteiger partial charge on any atom is -0.480 e. The number of carboxylic acids is 2. The molecule has 22 nitrogen and oxygen atoms in total. The Morgan fingerprint density at radius 2 is 1.45 bits per heavy atom. The van der Waals surface area contributed by atoms with Gasteiger partial charge in [0.25, 0.3) is 5.91 Å². The Hall–Kier alpha value is -7.10. The van der Waals surface area contributed by atoms with E-state index in [2.05, 4.69) is 43.5 Å². The lowest BCUT2D eigenvalue weighted by Crippen LogP contribution is -2.59. The maximum absolute atomic E-state index is 14.4. The summed E-state index contributed by atoms with van der Waals surface area (Å²) in [4.78, 5) is 126. The molecule has 0 saturated carbocycles. The van der Waals surface area contributed by atoms with Crippen LogP contribution in [0.4, 0.5) is 0 Å². The standard InChI is InChI=1S/C49H74N10O12/c1-26(2)23-37-46(66)58-40(48(69)70)30(6)42(62)55-35(17-14-22-52-49(50)51)45(65)54-34(19-18-27(3)24-28(4)38(71-10)25-33-15-12-11-13-16-33)29(5)41(61)56-36(47(67)68)20-21-39(60)59(9)32(8)44(64)53-31(7)43(63)57-37/h11-13,15-16,18-19,24,26,28-31,34-38,40H,8,14,17,20-23,25H2,1-7,9-10H3,(H,53,64)(H,54,65)(H,55,62)(H,56,61)(H,57,63)(H,58,66)(H,67,68)(H,69,70)(H4,50,51,52)/b19-18+,27-24+. The Morgan fingerprint density at radius 3 is 2.03 bits per heavy atom. The first-order valence-electron chi connectivity index (χ1n) is 23.5. The summed E-state index contributed by atoms with van der Waals surface area (Å²) in [6, 6.07) is 0.998. The van der Waals surface area contributed by atoms with Crippen molar-refractivity contribution in [2.75, 3.05) is 20.7 Å². The second kappa shape index (κ2) is 29.2. The van der Waals surface area contributed by atoms with E-state index in [0.29, 0.717) is 12.0 Å². The Kier molecular flexibility index (Phi) is 24.7. The molecule has 0 radical (unpaired) electrons. The number of allylic oxidation sites excluding steroid dienone is 2. The number of nitrogens with two attached hydrogens (primary N) is 2. The molecule has 0 bridgehead atoms.